The van der Waals surface area contributed by atoms with Gasteiger partial charge in [0.05, 0.1) is 15.7 Å². The summed E-state index contributed by atoms with van der Waals surface area (Å²) in [6.45, 7) is 8.29. The first kappa shape index (κ1) is 21.4. The largest absolute Gasteiger partial charge is 0.444 e. The number of fused-ring (bicyclic) bond motifs is 1. The normalized spacial score (nSPS) is 12.8. The van der Waals surface area contributed by atoms with Crippen LogP contribution in [0.5, 0.6) is 0 Å². The number of ether oxygens (including phenoxy) is 1. The van der Waals surface area contributed by atoms with Crippen molar-refractivity contribution < 1.29 is 9.53 Å². The lowest BCUT2D eigenvalue weighted by Crippen LogP contribution is -2.38. The van der Waals surface area contributed by atoms with Gasteiger partial charge < -0.3 is 9.64 Å². The van der Waals surface area contributed by atoms with Gasteiger partial charge in [-0.3, -0.25) is 9.36 Å². The van der Waals surface area contributed by atoms with Crippen molar-refractivity contribution in [2.75, 3.05) is 13.6 Å². The SMILES string of the molecule is CCCC(Br)c1nc2ccccc2c(=O)n1CCN(C)C(=O)OC(C)(C)C. The summed E-state index contributed by atoms with van der Waals surface area (Å²) in [6.07, 6.45) is 1.43. The van der Waals surface area contributed by atoms with Gasteiger partial charge in [-0.25, -0.2) is 9.78 Å². The second kappa shape index (κ2) is 8.87. The number of carbonyl (C=O) groups excluding carboxylic acids is 1. The molecule has 0 fully saturated rings. The fourth-order valence-corrected chi connectivity index (χ4v) is 3.51. The molecule has 1 atom stereocenters. The summed E-state index contributed by atoms with van der Waals surface area (Å²) >= 11 is 3.67. The summed E-state index contributed by atoms with van der Waals surface area (Å²) in [5.74, 6) is 0.693. The number of hydrogen-bond acceptors (Lipinski definition) is 4. The minimum atomic E-state index is -0.556. The minimum absolute atomic E-state index is 0.0216. The molecule has 0 aliphatic heterocycles. The second-order valence-corrected chi connectivity index (χ2v) is 8.71. The summed E-state index contributed by atoms with van der Waals surface area (Å²) in [5, 5.41) is 0.581. The number of benzene rings is 1. The van der Waals surface area contributed by atoms with Crippen LogP contribution in [0, 0.1) is 0 Å². The molecule has 1 unspecified atom stereocenters. The number of likely N-dealkylation sites (N-methyl/N-ethyl adjacent to an activating group) is 1. The van der Waals surface area contributed by atoms with Crippen LogP contribution in [-0.2, 0) is 11.3 Å². The van der Waals surface area contributed by atoms with Gasteiger partial charge in [-0.15, -0.1) is 0 Å². The molecule has 1 amide bonds. The summed E-state index contributed by atoms with van der Waals surface area (Å²) in [5.41, 5.74) is 0.0449. The lowest BCUT2D eigenvalue weighted by Gasteiger charge is -2.25. The smallest absolute Gasteiger partial charge is 0.410 e. The van der Waals surface area contributed by atoms with Crippen LogP contribution in [0.25, 0.3) is 10.9 Å². The van der Waals surface area contributed by atoms with Gasteiger partial charge >= 0.3 is 6.09 Å². The minimum Gasteiger partial charge on any atom is -0.444 e. The fraction of sp³-hybridized carbons (Fsp3) is 0.550. The van der Waals surface area contributed by atoms with E-state index < -0.39 is 11.7 Å². The number of amides is 1. The van der Waals surface area contributed by atoms with E-state index in [0.29, 0.717) is 29.8 Å². The van der Waals surface area contributed by atoms with Crippen molar-refractivity contribution >= 4 is 32.9 Å². The van der Waals surface area contributed by atoms with Crippen LogP contribution in [0.4, 0.5) is 4.79 Å². The molecule has 1 aromatic heterocycles. The summed E-state index contributed by atoms with van der Waals surface area (Å²) in [4.78, 5) is 31.4. The van der Waals surface area contributed by atoms with E-state index in [1.54, 1.807) is 17.7 Å². The third kappa shape index (κ3) is 5.54. The highest BCUT2D eigenvalue weighted by atomic mass is 79.9. The molecule has 2 aromatic rings. The van der Waals surface area contributed by atoms with Crippen LogP contribution in [0.3, 0.4) is 0 Å². The van der Waals surface area contributed by atoms with Crippen LogP contribution < -0.4 is 5.56 Å². The molecule has 7 heteroatoms. The molecule has 0 saturated heterocycles. The van der Waals surface area contributed by atoms with Gasteiger partial charge in [-0.1, -0.05) is 41.4 Å². The maximum Gasteiger partial charge on any atom is 0.410 e. The van der Waals surface area contributed by atoms with E-state index in [9.17, 15) is 9.59 Å². The molecule has 0 aliphatic rings. The number of halogens is 1. The van der Waals surface area contributed by atoms with Gasteiger partial charge in [-0.05, 0) is 39.3 Å². The molecule has 0 bridgehead atoms. The van der Waals surface area contributed by atoms with Crippen molar-refractivity contribution in [3.8, 4) is 0 Å². The third-order valence-electron chi connectivity index (χ3n) is 4.08. The van der Waals surface area contributed by atoms with Crippen molar-refractivity contribution in [1.82, 2.24) is 14.5 Å². The van der Waals surface area contributed by atoms with Crippen molar-refractivity contribution in [3.63, 3.8) is 0 Å². The third-order valence-corrected chi connectivity index (χ3v) is 4.94. The molecule has 0 N–H and O–H groups in total. The van der Waals surface area contributed by atoms with E-state index in [1.807, 2.05) is 39.0 Å². The van der Waals surface area contributed by atoms with Crippen LogP contribution in [0.1, 0.15) is 51.2 Å². The Kier molecular flexibility index (Phi) is 7.03. The number of carbonyl (C=O) groups is 1. The van der Waals surface area contributed by atoms with E-state index >= 15 is 0 Å². The topological polar surface area (TPSA) is 64.4 Å². The van der Waals surface area contributed by atoms with E-state index in [-0.39, 0.29) is 10.4 Å². The molecule has 27 heavy (non-hydrogen) atoms. The van der Waals surface area contributed by atoms with Crippen molar-refractivity contribution in [2.45, 2.75) is 57.5 Å². The van der Waals surface area contributed by atoms with Crippen LogP contribution in [0.2, 0.25) is 0 Å². The highest BCUT2D eigenvalue weighted by Gasteiger charge is 2.21. The Balaban J connectivity index is 2.32. The average molecular weight is 438 g/mol. The molecule has 6 nitrogen and oxygen atoms in total. The van der Waals surface area contributed by atoms with E-state index in [4.69, 9.17) is 9.72 Å². The number of alkyl halides is 1. The van der Waals surface area contributed by atoms with Crippen molar-refractivity contribution in [1.29, 1.82) is 0 Å². The Morgan fingerprint density at radius 3 is 2.63 bits per heavy atom. The summed E-state index contributed by atoms with van der Waals surface area (Å²) in [7, 11) is 1.67. The van der Waals surface area contributed by atoms with Gasteiger partial charge in [0.2, 0.25) is 0 Å². The highest BCUT2D eigenvalue weighted by Crippen LogP contribution is 2.26. The molecule has 1 aromatic carbocycles. The van der Waals surface area contributed by atoms with Gasteiger partial charge in [0.15, 0.2) is 0 Å². The van der Waals surface area contributed by atoms with Crippen molar-refractivity contribution in [2.24, 2.45) is 0 Å². The zero-order valence-electron chi connectivity index (χ0n) is 16.7. The van der Waals surface area contributed by atoms with Gasteiger partial charge in [0, 0.05) is 20.1 Å². The molecule has 0 saturated carbocycles. The first-order valence-electron chi connectivity index (χ1n) is 9.21. The molecule has 0 aliphatic carbocycles. The molecular weight excluding hydrogens is 410 g/mol. The predicted octanol–water partition coefficient (Wildman–Crippen LogP) is 4.50. The number of aromatic nitrogens is 2. The highest BCUT2D eigenvalue weighted by molar-refractivity contribution is 9.09. The summed E-state index contributed by atoms with van der Waals surface area (Å²) < 4.78 is 7.04. The quantitative estimate of drug-likeness (QED) is 0.623. The second-order valence-electron chi connectivity index (χ2n) is 7.60. The number of nitrogens with zero attached hydrogens (tertiary/aromatic N) is 3. The maximum atomic E-state index is 13.0. The molecular formula is C20H28BrN3O3. The summed E-state index contributed by atoms with van der Waals surface area (Å²) in [6, 6.07) is 7.34. The Labute approximate surface area is 168 Å². The van der Waals surface area contributed by atoms with Gasteiger partial charge in [0.25, 0.3) is 5.56 Å². The first-order chi connectivity index (χ1) is 12.6. The Bertz CT molecular complexity index is 858. The Morgan fingerprint density at radius 2 is 2.00 bits per heavy atom. The van der Waals surface area contributed by atoms with Crippen LogP contribution in [0.15, 0.2) is 29.1 Å². The van der Waals surface area contributed by atoms with Gasteiger partial charge in [0.1, 0.15) is 11.4 Å². The monoisotopic (exact) mass is 437 g/mol. The lowest BCUT2D eigenvalue weighted by molar-refractivity contribution is 0.0292. The zero-order valence-corrected chi connectivity index (χ0v) is 18.2. The number of hydrogen-bond donors (Lipinski definition) is 0. The zero-order chi connectivity index (χ0) is 20.2. The van der Waals surface area contributed by atoms with Crippen LogP contribution >= 0.6 is 15.9 Å². The molecule has 0 spiro atoms. The standard InChI is InChI=1S/C20H28BrN3O3/c1-6-9-15(21)17-22-16-11-8-7-10-14(16)18(25)24(17)13-12-23(5)19(26)27-20(2,3)4/h7-8,10-11,15H,6,9,12-13H2,1-5H3. The van der Waals surface area contributed by atoms with Crippen molar-refractivity contribution in [3.05, 3.63) is 40.4 Å². The molecule has 148 valence electrons. The Hall–Kier alpha value is -1.89. The van der Waals surface area contributed by atoms with E-state index in [0.717, 1.165) is 12.8 Å². The number of para-hydroxylation sites is 1. The van der Waals surface area contributed by atoms with Gasteiger partial charge in [-0.2, -0.15) is 0 Å². The lowest BCUT2D eigenvalue weighted by atomic mass is 10.2. The molecule has 0 radical (unpaired) electrons. The molecule has 1 heterocycles. The van der Waals surface area contributed by atoms with Crippen LogP contribution in [-0.4, -0.2) is 39.7 Å². The fourth-order valence-electron chi connectivity index (χ4n) is 2.70. The number of rotatable bonds is 6. The average Bonchev–Trinajstić information content (AvgIpc) is 2.59. The maximum absolute atomic E-state index is 13.0. The van der Waals surface area contributed by atoms with E-state index in [2.05, 4.69) is 22.9 Å². The van der Waals surface area contributed by atoms with E-state index in [1.165, 1.54) is 4.90 Å². The first-order valence-corrected chi connectivity index (χ1v) is 10.1. The molecule has 2 rings (SSSR count). The predicted molar refractivity (Wildman–Crippen MR) is 111 cm³/mol. The Morgan fingerprint density at radius 1 is 1.33 bits per heavy atom.